The van der Waals surface area contributed by atoms with E-state index in [4.69, 9.17) is 4.74 Å². The third-order valence-corrected chi connectivity index (χ3v) is 3.15. The summed E-state index contributed by atoms with van der Waals surface area (Å²) < 4.78 is 21.5. The number of aryl methyl sites for hydroxylation is 2. The van der Waals surface area contributed by atoms with Crippen molar-refractivity contribution in [2.24, 2.45) is 7.05 Å². The monoisotopic (exact) mass is 312 g/mol. The molecule has 0 saturated heterocycles. The number of halogens is 2. The first-order valence-electron chi connectivity index (χ1n) is 5.69. The summed E-state index contributed by atoms with van der Waals surface area (Å²) >= 11 is 3.29. The lowest BCUT2D eigenvalue weighted by molar-refractivity contribution is 0.280. The molecule has 0 unspecified atom stereocenters. The summed E-state index contributed by atoms with van der Waals surface area (Å²) in [5, 5.41) is 4.32. The van der Waals surface area contributed by atoms with Gasteiger partial charge in [-0.1, -0.05) is 22.9 Å². The first kappa shape index (κ1) is 13.1. The van der Waals surface area contributed by atoms with Gasteiger partial charge in [-0.3, -0.25) is 4.68 Å². The Balaban J connectivity index is 2.11. The van der Waals surface area contributed by atoms with Crippen molar-refractivity contribution >= 4 is 15.9 Å². The fourth-order valence-corrected chi connectivity index (χ4v) is 1.96. The number of rotatable bonds is 4. The normalized spacial score (nSPS) is 10.7. The second-order valence-corrected chi connectivity index (χ2v) is 4.88. The van der Waals surface area contributed by atoms with Gasteiger partial charge in [-0.25, -0.2) is 4.39 Å². The minimum absolute atomic E-state index is 0.239. The molecular formula is C13H14BrFN2O. The van der Waals surface area contributed by atoms with Crippen LogP contribution < -0.4 is 4.74 Å². The van der Waals surface area contributed by atoms with Crippen LogP contribution in [0.5, 0.6) is 5.75 Å². The molecule has 0 N–H and O–H groups in total. The summed E-state index contributed by atoms with van der Waals surface area (Å²) in [4.78, 5) is 0. The highest BCUT2D eigenvalue weighted by molar-refractivity contribution is 9.10. The number of hydrogen-bond acceptors (Lipinski definition) is 2. The van der Waals surface area contributed by atoms with E-state index in [0.717, 1.165) is 22.3 Å². The maximum absolute atomic E-state index is 13.5. The SMILES string of the molecule is CCc1cc(COc2cc(Br)ccc2F)n(C)n1. The van der Waals surface area contributed by atoms with Gasteiger partial charge in [0.15, 0.2) is 11.6 Å². The third kappa shape index (κ3) is 2.90. The lowest BCUT2D eigenvalue weighted by Gasteiger charge is -2.07. The van der Waals surface area contributed by atoms with Gasteiger partial charge < -0.3 is 4.74 Å². The topological polar surface area (TPSA) is 27.1 Å². The summed E-state index contributed by atoms with van der Waals surface area (Å²) in [6.07, 6.45) is 0.874. The van der Waals surface area contributed by atoms with Crippen LogP contribution in [-0.4, -0.2) is 9.78 Å². The van der Waals surface area contributed by atoms with Crippen LogP contribution >= 0.6 is 15.9 Å². The average Bonchev–Trinajstić information content (AvgIpc) is 2.71. The van der Waals surface area contributed by atoms with Crippen molar-refractivity contribution < 1.29 is 9.13 Å². The molecule has 0 spiro atoms. The molecule has 96 valence electrons. The van der Waals surface area contributed by atoms with Crippen LogP contribution in [0.3, 0.4) is 0 Å². The number of aromatic nitrogens is 2. The molecule has 0 radical (unpaired) electrons. The molecule has 5 heteroatoms. The molecule has 3 nitrogen and oxygen atoms in total. The summed E-state index contributed by atoms with van der Waals surface area (Å²) in [6, 6.07) is 6.60. The summed E-state index contributed by atoms with van der Waals surface area (Å²) in [7, 11) is 1.86. The van der Waals surface area contributed by atoms with Gasteiger partial charge in [0, 0.05) is 11.5 Å². The smallest absolute Gasteiger partial charge is 0.165 e. The number of nitrogens with zero attached hydrogens (tertiary/aromatic N) is 2. The lowest BCUT2D eigenvalue weighted by Crippen LogP contribution is -2.03. The molecule has 0 saturated carbocycles. The molecule has 0 aliphatic heterocycles. The van der Waals surface area contributed by atoms with E-state index in [2.05, 4.69) is 21.0 Å². The van der Waals surface area contributed by atoms with Gasteiger partial charge in [-0.05, 0) is 30.7 Å². The van der Waals surface area contributed by atoms with Gasteiger partial charge >= 0.3 is 0 Å². The molecule has 0 atom stereocenters. The van der Waals surface area contributed by atoms with E-state index >= 15 is 0 Å². The molecule has 1 aromatic carbocycles. The van der Waals surface area contributed by atoms with Crippen molar-refractivity contribution in [3.63, 3.8) is 0 Å². The molecule has 0 aliphatic carbocycles. The van der Waals surface area contributed by atoms with E-state index in [1.54, 1.807) is 16.8 Å². The molecular weight excluding hydrogens is 299 g/mol. The minimum Gasteiger partial charge on any atom is -0.484 e. The number of ether oxygens (including phenoxy) is 1. The molecule has 2 rings (SSSR count). The average molecular weight is 313 g/mol. The zero-order valence-corrected chi connectivity index (χ0v) is 11.9. The van der Waals surface area contributed by atoms with Crippen molar-refractivity contribution in [1.82, 2.24) is 9.78 Å². The highest BCUT2D eigenvalue weighted by Crippen LogP contribution is 2.23. The van der Waals surface area contributed by atoms with Crippen molar-refractivity contribution in [3.8, 4) is 5.75 Å². The highest BCUT2D eigenvalue weighted by atomic mass is 79.9. The Bertz CT molecular complexity index is 554. The Kier molecular flexibility index (Phi) is 4.01. The first-order valence-corrected chi connectivity index (χ1v) is 6.49. The Hall–Kier alpha value is -1.36. The van der Waals surface area contributed by atoms with E-state index in [0.29, 0.717) is 6.61 Å². The Morgan fingerprint density at radius 2 is 2.17 bits per heavy atom. The lowest BCUT2D eigenvalue weighted by atomic mass is 10.3. The number of hydrogen-bond donors (Lipinski definition) is 0. The van der Waals surface area contributed by atoms with E-state index in [9.17, 15) is 4.39 Å². The first-order chi connectivity index (χ1) is 8.60. The van der Waals surface area contributed by atoms with Crippen LogP contribution in [0, 0.1) is 5.82 Å². The molecule has 1 aromatic heterocycles. The Morgan fingerprint density at radius 1 is 1.39 bits per heavy atom. The van der Waals surface area contributed by atoms with Gasteiger partial charge in [0.25, 0.3) is 0 Å². The van der Waals surface area contributed by atoms with Crippen LogP contribution in [0.2, 0.25) is 0 Å². The van der Waals surface area contributed by atoms with Crippen molar-refractivity contribution in [3.05, 3.63) is 45.9 Å². The van der Waals surface area contributed by atoms with E-state index < -0.39 is 0 Å². The molecule has 0 amide bonds. The van der Waals surface area contributed by atoms with E-state index in [1.807, 2.05) is 20.0 Å². The predicted molar refractivity (Wildman–Crippen MR) is 71.0 cm³/mol. The molecule has 2 aromatic rings. The van der Waals surface area contributed by atoms with Gasteiger partial charge in [-0.15, -0.1) is 0 Å². The van der Waals surface area contributed by atoms with Crippen LogP contribution in [0.1, 0.15) is 18.3 Å². The maximum atomic E-state index is 13.5. The second kappa shape index (κ2) is 5.52. The molecule has 0 aliphatic rings. The fraction of sp³-hybridized carbons (Fsp3) is 0.308. The molecule has 18 heavy (non-hydrogen) atoms. The third-order valence-electron chi connectivity index (χ3n) is 2.66. The van der Waals surface area contributed by atoms with Gasteiger partial charge in [0.2, 0.25) is 0 Å². The zero-order valence-electron chi connectivity index (χ0n) is 10.3. The Labute approximate surface area is 114 Å². The molecule has 0 bridgehead atoms. The van der Waals surface area contributed by atoms with E-state index in [-0.39, 0.29) is 11.6 Å². The standard InChI is InChI=1S/C13H14BrFN2O/c1-3-10-7-11(17(2)16-10)8-18-13-6-9(14)4-5-12(13)15/h4-7H,3,8H2,1-2H3. The number of benzene rings is 1. The quantitative estimate of drug-likeness (QED) is 0.864. The fourth-order valence-electron chi connectivity index (χ4n) is 1.62. The van der Waals surface area contributed by atoms with Gasteiger partial charge in [0.1, 0.15) is 6.61 Å². The van der Waals surface area contributed by atoms with Crippen LogP contribution in [0.4, 0.5) is 4.39 Å². The largest absolute Gasteiger partial charge is 0.484 e. The summed E-state index contributed by atoms with van der Waals surface area (Å²) in [5.41, 5.74) is 1.93. The summed E-state index contributed by atoms with van der Waals surface area (Å²) in [6.45, 7) is 2.35. The van der Waals surface area contributed by atoms with Crippen molar-refractivity contribution in [2.45, 2.75) is 20.0 Å². The minimum atomic E-state index is -0.365. The highest BCUT2D eigenvalue weighted by Gasteiger charge is 2.07. The van der Waals surface area contributed by atoms with Crippen LogP contribution in [-0.2, 0) is 20.1 Å². The summed E-state index contributed by atoms with van der Waals surface area (Å²) in [5.74, 6) is -0.125. The maximum Gasteiger partial charge on any atom is 0.165 e. The van der Waals surface area contributed by atoms with Gasteiger partial charge in [-0.2, -0.15) is 5.10 Å². The van der Waals surface area contributed by atoms with Crippen LogP contribution in [0.15, 0.2) is 28.7 Å². The molecule has 0 fully saturated rings. The van der Waals surface area contributed by atoms with Crippen molar-refractivity contribution in [2.75, 3.05) is 0 Å². The molecule has 1 heterocycles. The predicted octanol–water partition coefficient (Wildman–Crippen LogP) is 3.46. The van der Waals surface area contributed by atoms with Crippen molar-refractivity contribution in [1.29, 1.82) is 0 Å². The second-order valence-electron chi connectivity index (χ2n) is 3.97. The zero-order chi connectivity index (χ0) is 13.1. The van der Waals surface area contributed by atoms with Gasteiger partial charge in [0.05, 0.1) is 11.4 Å². The Morgan fingerprint density at radius 3 is 2.83 bits per heavy atom. The van der Waals surface area contributed by atoms with E-state index in [1.165, 1.54) is 6.07 Å². The van der Waals surface area contributed by atoms with Crippen LogP contribution in [0.25, 0.3) is 0 Å².